The van der Waals surface area contributed by atoms with Gasteiger partial charge in [0.1, 0.15) is 24.1 Å². The largest absolute Gasteiger partial charge is 0.361 e. The molecule has 1 fully saturated rings. The predicted molar refractivity (Wildman–Crippen MR) is 74.2 cm³/mol. The van der Waals surface area contributed by atoms with Crippen LogP contribution < -0.4 is 0 Å². The fourth-order valence-electron chi connectivity index (χ4n) is 2.74. The van der Waals surface area contributed by atoms with Gasteiger partial charge in [0.05, 0.1) is 12.6 Å². The normalized spacial score (nSPS) is 20.1. The second kappa shape index (κ2) is 5.75. The molecule has 2 aromatic heterocycles. The molecule has 108 valence electrons. The van der Waals surface area contributed by atoms with E-state index in [9.17, 15) is 0 Å². The molecule has 1 saturated heterocycles. The summed E-state index contributed by atoms with van der Waals surface area (Å²) in [7, 11) is 0. The lowest BCUT2D eigenvalue weighted by molar-refractivity contribution is 0.232. The SMILES string of the molecule is CC(C)c1cc([C@@H]2CCCN2CCn2cncn2)no1. The molecule has 0 radical (unpaired) electrons. The molecule has 0 saturated carbocycles. The van der Waals surface area contributed by atoms with E-state index in [0.717, 1.165) is 37.5 Å². The quantitative estimate of drug-likeness (QED) is 0.837. The Bertz CT molecular complexity index is 534. The summed E-state index contributed by atoms with van der Waals surface area (Å²) in [5, 5.41) is 8.41. The van der Waals surface area contributed by atoms with Crippen molar-refractivity contribution in [1.82, 2.24) is 24.8 Å². The Kier molecular flexibility index (Phi) is 3.82. The summed E-state index contributed by atoms with van der Waals surface area (Å²) in [5.74, 6) is 1.37. The van der Waals surface area contributed by atoms with Gasteiger partial charge in [-0.25, -0.2) is 4.98 Å². The first-order valence-electron chi connectivity index (χ1n) is 7.27. The molecule has 0 unspecified atom stereocenters. The molecule has 6 nitrogen and oxygen atoms in total. The van der Waals surface area contributed by atoms with Gasteiger partial charge in [-0.15, -0.1) is 0 Å². The molecule has 0 bridgehead atoms. The fraction of sp³-hybridized carbons (Fsp3) is 0.643. The molecular formula is C14H21N5O. The van der Waals surface area contributed by atoms with Gasteiger partial charge in [0, 0.05) is 18.5 Å². The van der Waals surface area contributed by atoms with Crippen LogP contribution in [0.5, 0.6) is 0 Å². The summed E-state index contributed by atoms with van der Waals surface area (Å²) in [5.41, 5.74) is 1.07. The van der Waals surface area contributed by atoms with Crippen molar-refractivity contribution >= 4 is 0 Å². The molecular weight excluding hydrogens is 254 g/mol. The molecule has 1 aliphatic rings. The van der Waals surface area contributed by atoms with Crippen molar-refractivity contribution in [2.45, 2.75) is 45.2 Å². The molecule has 1 aliphatic heterocycles. The smallest absolute Gasteiger partial charge is 0.139 e. The fourth-order valence-corrected chi connectivity index (χ4v) is 2.74. The second-order valence-corrected chi connectivity index (χ2v) is 5.66. The highest BCUT2D eigenvalue weighted by Crippen LogP contribution is 2.32. The highest BCUT2D eigenvalue weighted by molar-refractivity contribution is 5.13. The number of hydrogen-bond donors (Lipinski definition) is 0. The minimum atomic E-state index is 0.384. The van der Waals surface area contributed by atoms with Crippen LogP contribution >= 0.6 is 0 Å². The molecule has 0 spiro atoms. The number of rotatable bonds is 5. The van der Waals surface area contributed by atoms with E-state index < -0.39 is 0 Å². The van der Waals surface area contributed by atoms with Crippen molar-refractivity contribution < 1.29 is 4.52 Å². The van der Waals surface area contributed by atoms with Crippen molar-refractivity contribution in [1.29, 1.82) is 0 Å². The van der Waals surface area contributed by atoms with Gasteiger partial charge >= 0.3 is 0 Å². The molecule has 0 aliphatic carbocycles. The molecule has 0 amide bonds. The first kappa shape index (κ1) is 13.3. The van der Waals surface area contributed by atoms with Crippen molar-refractivity contribution in [2.24, 2.45) is 0 Å². The zero-order chi connectivity index (χ0) is 13.9. The number of nitrogens with zero attached hydrogens (tertiary/aromatic N) is 5. The maximum atomic E-state index is 5.43. The molecule has 3 heterocycles. The van der Waals surface area contributed by atoms with Crippen LogP contribution in [-0.2, 0) is 6.54 Å². The van der Waals surface area contributed by atoms with E-state index in [1.54, 1.807) is 12.7 Å². The van der Waals surface area contributed by atoms with Crippen molar-refractivity contribution in [3.8, 4) is 0 Å². The molecule has 20 heavy (non-hydrogen) atoms. The van der Waals surface area contributed by atoms with E-state index in [2.05, 4.69) is 40.1 Å². The van der Waals surface area contributed by atoms with Gasteiger partial charge in [-0.05, 0) is 19.4 Å². The Hall–Kier alpha value is -1.69. The first-order chi connectivity index (χ1) is 9.74. The van der Waals surface area contributed by atoms with E-state index in [1.165, 1.54) is 6.42 Å². The van der Waals surface area contributed by atoms with Crippen molar-refractivity contribution in [3.05, 3.63) is 30.2 Å². The van der Waals surface area contributed by atoms with Crippen LogP contribution in [0.25, 0.3) is 0 Å². The van der Waals surface area contributed by atoms with Gasteiger partial charge in [0.2, 0.25) is 0 Å². The minimum Gasteiger partial charge on any atom is -0.361 e. The van der Waals surface area contributed by atoms with E-state index in [4.69, 9.17) is 4.52 Å². The zero-order valence-electron chi connectivity index (χ0n) is 12.1. The lowest BCUT2D eigenvalue weighted by Gasteiger charge is -2.22. The monoisotopic (exact) mass is 275 g/mol. The van der Waals surface area contributed by atoms with E-state index in [-0.39, 0.29) is 0 Å². The van der Waals surface area contributed by atoms with Crippen LogP contribution in [0.4, 0.5) is 0 Å². The number of hydrogen-bond acceptors (Lipinski definition) is 5. The average molecular weight is 275 g/mol. The predicted octanol–water partition coefficient (Wildman–Crippen LogP) is 2.23. The van der Waals surface area contributed by atoms with Crippen molar-refractivity contribution in [2.75, 3.05) is 13.1 Å². The molecule has 1 atom stereocenters. The zero-order valence-corrected chi connectivity index (χ0v) is 12.1. The van der Waals surface area contributed by atoms with Crippen molar-refractivity contribution in [3.63, 3.8) is 0 Å². The maximum absolute atomic E-state index is 5.43. The summed E-state index contributed by atoms with van der Waals surface area (Å²) in [6.07, 6.45) is 5.71. The van der Waals surface area contributed by atoms with Crippen LogP contribution in [0.2, 0.25) is 0 Å². The molecule has 0 aromatic carbocycles. The third-order valence-corrected chi connectivity index (χ3v) is 3.90. The Balaban J connectivity index is 1.65. The maximum Gasteiger partial charge on any atom is 0.139 e. The van der Waals surface area contributed by atoms with Crippen LogP contribution in [0.1, 0.15) is 50.1 Å². The van der Waals surface area contributed by atoms with E-state index in [0.29, 0.717) is 12.0 Å². The highest BCUT2D eigenvalue weighted by Gasteiger charge is 2.28. The summed E-state index contributed by atoms with van der Waals surface area (Å²) in [6, 6.07) is 2.50. The Morgan fingerprint density at radius 2 is 2.30 bits per heavy atom. The van der Waals surface area contributed by atoms with Crippen LogP contribution in [0.15, 0.2) is 23.2 Å². The molecule has 0 N–H and O–H groups in total. The highest BCUT2D eigenvalue weighted by atomic mass is 16.5. The van der Waals surface area contributed by atoms with Gasteiger partial charge in [-0.2, -0.15) is 5.10 Å². The third kappa shape index (κ3) is 2.75. The summed E-state index contributed by atoms with van der Waals surface area (Å²) in [6.45, 7) is 7.20. The van der Waals surface area contributed by atoms with Crippen LogP contribution in [-0.4, -0.2) is 37.9 Å². The van der Waals surface area contributed by atoms with Gasteiger partial charge in [0.25, 0.3) is 0 Å². The van der Waals surface area contributed by atoms with Gasteiger partial charge in [-0.1, -0.05) is 19.0 Å². The standard InChI is InChI=1S/C14H21N5O/c1-11(2)14-8-12(17-20-14)13-4-3-5-18(13)6-7-19-10-15-9-16-19/h8-11,13H,3-7H2,1-2H3/t13-/m0/s1. The molecule has 3 rings (SSSR count). The lowest BCUT2D eigenvalue weighted by atomic mass is 10.1. The first-order valence-corrected chi connectivity index (χ1v) is 7.27. The van der Waals surface area contributed by atoms with Crippen LogP contribution in [0.3, 0.4) is 0 Å². The Morgan fingerprint density at radius 3 is 3.00 bits per heavy atom. The van der Waals surface area contributed by atoms with E-state index in [1.807, 2.05) is 4.68 Å². The third-order valence-electron chi connectivity index (χ3n) is 3.90. The minimum absolute atomic E-state index is 0.384. The average Bonchev–Trinajstić information content (AvgIpc) is 3.17. The lowest BCUT2D eigenvalue weighted by Crippen LogP contribution is -2.27. The summed E-state index contributed by atoms with van der Waals surface area (Å²) >= 11 is 0. The topological polar surface area (TPSA) is 60.0 Å². The van der Waals surface area contributed by atoms with Crippen LogP contribution in [0, 0.1) is 0 Å². The Labute approximate surface area is 118 Å². The summed E-state index contributed by atoms with van der Waals surface area (Å²) < 4.78 is 7.31. The van der Waals surface area contributed by atoms with Gasteiger partial charge < -0.3 is 4.52 Å². The molecule has 6 heteroatoms. The number of aromatic nitrogens is 4. The van der Waals surface area contributed by atoms with Gasteiger partial charge in [0.15, 0.2) is 0 Å². The number of likely N-dealkylation sites (tertiary alicyclic amines) is 1. The van der Waals surface area contributed by atoms with E-state index >= 15 is 0 Å². The summed E-state index contributed by atoms with van der Waals surface area (Å²) in [4.78, 5) is 6.44. The van der Waals surface area contributed by atoms with Gasteiger partial charge in [-0.3, -0.25) is 9.58 Å². The molecule has 2 aromatic rings. The Morgan fingerprint density at radius 1 is 1.40 bits per heavy atom. The second-order valence-electron chi connectivity index (χ2n) is 5.66.